The van der Waals surface area contributed by atoms with Crippen molar-refractivity contribution in [1.29, 1.82) is 0 Å². The Balaban J connectivity index is 2.36. The molecule has 2 aromatic rings. The maximum Gasteiger partial charge on any atom is 0.0542 e. The molecule has 2 heteroatoms. The van der Waals surface area contributed by atoms with Crippen LogP contribution in [0.2, 0.25) is 0 Å². The average molecular weight is 226 g/mol. The van der Waals surface area contributed by atoms with E-state index in [1.165, 1.54) is 22.3 Å². The van der Waals surface area contributed by atoms with E-state index in [1.807, 2.05) is 13.2 Å². The van der Waals surface area contributed by atoms with E-state index in [2.05, 4.69) is 54.5 Å². The minimum atomic E-state index is 0.813. The standard InChI is InChI=1S/C15H18N2/c1-11-5-4-6-15(12(11)2)13-7-8-14(10-16-3)17-9-13/h4-9,16H,10H2,1-3H3. The van der Waals surface area contributed by atoms with Gasteiger partial charge in [0.1, 0.15) is 0 Å². The van der Waals surface area contributed by atoms with E-state index in [4.69, 9.17) is 0 Å². The van der Waals surface area contributed by atoms with Crippen LogP contribution in [0.1, 0.15) is 16.8 Å². The highest BCUT2D eigenvalue weighted by Gasteiger charge is 2.03. The van der Waals surface area contributed by atoms with Crippen molar-refractivity contribution in [1.82, 2.24) is 10.3 Å². The molecule has 88 valence electrons. The van der Waals surface area contributed by atoms with E-state index in [-0.39, 0.29) is 0 Å². The molecule has 0 bridgehead atoms. The molecule has 1 aromatic carbocycles. The summed E-state index contributed by atoms with van der Waals surface area (Å²) >= 11 is 0. The van der Waals surface area contributed by atoms with Gasteiger partial charge in [0.05, 0.1) is 5.69 Å². The number of aryl methyl sites for hydroxylation is 1. The van der Waals surface area contributed by atoms with E-state index >= 15 is 0 Å². The lowest BCUT2D eigenvalue weighted by Crippen LogP contribution is -2.06. The molecule has 2 rings (SSSR count). The number of hydrogen-bond acceptors (Lipinski definition) is 2. The second kappa shape index (κ2) is 5.11. The molecule has 0 aliphatic carbocycles. The van der Waals surface area contributed by atoms with Crippen LogP contribution in [0.25, 0.3) is 11.1 Å². The summed E-state index contributed by atoms with van der Waals surface area (Å²) in [6, 6.07) is 10.6. The van der Waals surface area contributed by atoms with Crippen molar-refractivity contribution in [3.63, 3.8) is 0 Å². The third-order valence-electron chi connectivity index (χ3n) is 3.10. The van der Waals surface area contributed by atoms with Crippen LogP contribution in [0.4, 0.5) is 0 Å². The number of benzene rings is 1. The fourth-order valence-electron chi connectivity index (χ4n) is 1.93. The molecule has 0 unspecified atom stereocenters. The highest BCUT2D eigenvalue weighted by Crippen LogP contribution is 2.24. The molecule has 0 saturated heterocycles. The lowest BCUT2D eigenvalue weighted by atomic mass is 9.98. The number of hydrogen-bond donors (Lipinski definition) is 1. The number of nitrogens with zero attached hydrogens (tertiary/aromatic N) is 1. The summed E-state index contributed by atoms with van der Waals surface area (Å²) in [6.07, 6.45) is 1.95. The van der Waals surface area contributed by atoms with Gasteiger partial charge in [-0.3, -0.25) is 4.98 Å². The van der Waals surface area contributed by atoms with Gasteiger partial charge in [-0.25, -0.2) is 0 Å². The fourth-order valence-corrected chi connectivity index (χ4v) is 1.93. The molecule has 17 heavy (non-hydrogen) atoms. The van der Waals surface area contributed by atoms with Crippen LogP contribution in [-0.4, -0.2) is 12.0 Å². The van der Waals surface area contributed by atoms with Crippen molar-refractivity contribution in [3.8, 4) is 11.1 Å². The normalized spacial score (nSPS) is 10.5. The molecule has 0 saturated carbocycles. The van der Waals surface area contributed by atoms with Gasteiger partial charge in [0.15, 0.2) is 0 Å². The highest BCUT2D eigenvalue weighted by molar-refractivity contribution is 5.67. The maximum atomic E-state index is 4.45. The van der Waals surface area contributed by atoms with Gasteiger partial charge in [0.25, 0.3) is 0 Å². The Bertz CT molecular complexity index is 501. The number of pyridine rings is 1. The molecule has 1 N–H and O–H groups in total. The Kier molecular flexibility index (Phi) is 3.55. The molecular weight excluding hydrogens is 208 g/mol. The average Bonchev–Trinajstić information content (AvgIpc) is 2.34. The molecular formula is C15H18N2. The minimum absolute atomic E-state index is 0.813. The Morgan fingerprint density at radius 1 is 1.12 bits per heavy atom. The van der Waals surface area contributed by atoms with Gasteiger partial charge < -0.3 is 5.32 Å². The van der Waals surface area contributed by atoms with Crippen molar-refractivity contribution in [2.45, 2.75) is 20.4 Å². The molecule has 0 spiro atoms. The van der Waals surface area contributed by atoms with Crippen LogP contribution in [0.3, 0.4) is 0 Å². The summed E-state index contributed by atoms with van der Waals surface area (Å²) in [7, 11) is 1.93. The first-order valence-electron chi connectivity index (χ1n) is 5.88. The molecule has 0 fully saturated rings. The van der Waals surface area contributed by atoms with E-state index < -0.39 is 0 Å². The molecule has 1 aromatic heterocycles. The Labute approximate surface area is 103 Å². The predicted molar refractivity (Wildman–Crippen MR) is 71.9 cm³/mol. The van der Waals surface area contributed by atoms with Gasteiger partial charge in [-0.1, -0.05) is 24.3 Å². The van der Waals surface area contributed by atoms with Gasteiger partial charge in [-0.15, -0.1) is 0 Å². The van der Waals surface area contributed by atoms with Crippen LogP contribution in [0, 0.1) is 13.8 Å². The Hall–Kier alpha value is -1.67. The van der Waals surface area contributed by atoms with Crippen LogP contribution < -0.4 is 5.32 Å². The first kappa shape index (κ1) is 11.8. The molecule has 1 heterocycles. The van der Waals surface area contributed by atoms with Crippen molar-refractivity contribution in [2.75, 3.05) is 7.05 Å². The van der Waals surface area contributed by atoms with Crippen LogP contribution in [-0.2, 0) is 6.54 Å². The van der Waals surface area contributed by atoms with Gasteiger partial charge in [-0.2, -0.15) is 0 Å². The SMILES string of the molecule is CNCc1ccc(-c2cccc(C)c2C)cn1. The smallest absolute Gasteiger partial charge is 0.0542 e. The Morgan fingerprint density at radius 3 is 2.59 bits per heavy atom. The van der Waals surface area contributed by atoms with Gasteiger partial charge >= 0.3 is 0 Å². The summed E-state index contributed by atoms with van der Waals surface area (Å²) in [5.74, 6) is 0. The van der Waals surface area contributed by atoms with E-state index in [0.29, 0.717) is 0 Å². The van der Waals surface area contributed by atoms with Crippen LogP contribution in [0.5, 0.6) is 0 Å². The zero-order chi connectivity index (χ0) is 12.3. The predicted octanol–water partition coefficient (Wildman–Crippen LogP) is 3.08. The summed E-state index contributed by atoms with van der Waals surface area (Å²) in [5.41, 5.74) is 6.18. The largest absolute Gasteiger partial charge is 0.314 e. The van der Waals surface area contributed by atoms with E-state index in [1.54, 1.807) is 0 Å². The molecule has 0 atom stereocenters. The van der Waals surface area contributed by atoms with Crippen molar-refractivity contribution >= 4 is 0 Å². The molecule has 0 aliphatic rings. The first-order valence-corrected chi connectivity index (χ1v) is 5.88. The van der Waals surface area contributed by atoms with Gasteiger partial charge in [0.2, 0.25) is 0 Å². The van der Waals surface area contributed by atoms with E-state index in [9.17, 15) is 0 Å². The van der Waals surface area contributed by atoms with Crippen molar-refractivity contribution in [2.24, 2.45) is 0 Å². The summed E-state index contributed by atoms with van der Waals surface area (Å²) < 4.78 is 0. The zero-order valence-corrected chi connectivity index (χ0v) is 10.6. The van der Waals surface area contributed by atoms with Gasteiger partial charge in [0, 0.05) is 18.3 Å². The molecule has 0 amide bonds. The topological polar surface area (TPSA) is 24.9 Å². The minimum Gasteiger partial charge on any atom is -0.314 e. The fraction of sp³-hybridized carbons (Fsp3) is 0.267. The third kappa shape index (κ3) is 2.53. The van der Waals surface area contributed by atoms with Gasteiger partial charge in [-0.05, 0) is 43.7 Å². The molecule has 2 nitrogen and oxygen atoms in total. The Morgan fingerprint density at radius 2 is 1.94 bits per heavy atom. The van der Waals surface area contributed by atoms with E-state index in [0.717, 1.165) is 12.2 Å². The molecule has 0 aliphatic heterocycles. The number of rotatable bonds is 3. The number of aromatic nitrogens is 1. The highest BCUT2D eigenvalue weighted by atomic mass is 14.8. The number of nitrogens with one attached hydrogen (secondary N) is 1. The second-order valence-corrected chi connectivity index (χ2v) is 4.32. The lowest BCUT2D eigenvalue weighted by molar-refractivity contribution is 0.791. The molecule has 0 radical (unpaired) electrons. The quantitative estimate of drug-likeness (QED) is 0.870. The summed E-state index contributed by atoms with van der Waals surface area (Å²) in [6.45, 7) is 5.11. The first-order chi connectivity index (χ1) is 8.22. The third-order valence-corrected chi connectivity index (χ3v) is 3.10. The second-order valence-electron chi connectivity index (χ2n) is 4.32. The monoisotopic (exact) mass is 226 g/mol. The zero-order valence-electron chi connectivity index (χ0n) is 10.6. The van der Waals surface area contributed by atoms with Crippen molar-refractivity contribution < 1.29 is 0 Å². The summed E-state index contributed by atoms with van der Waals surface area (Å²) in [4.78, 5) is 4.45. The lowest BCUT2D eigenvalue weighted by Gasteiger charge is -2.09. The summed E-state index contributed by atoms with van der Waals surface area (Å²) in [5, 5.41) is 3.10. The van der Waals surface area contributed by atoms with Crippen LogP contribution >= 0.6 is 0 Å². The van der Waals surface area contributed by atoms with Crippen LogP contribution in [0.15, 0.2) is 36.5 Å². The van der Waals surface area contributed by atoms with Crippen molar-refractivity contribution in [3.05, 3.63) is 53.3 Å². The maximum absolute atomic E-state index is 4.45.